The number of alkyl halides is 5. The molecule has 2 aromatic carbocycles. The lowest BCUT2D eigenvalue weighted by molar-refractivity contribution is -0.172. The lowest BCUT2D eigenvalue weighted by Crippen LogP contribution is -2.51. The number of H-pyrrole nitrogens is 1. The number of guanidine groups is 1. The van der Waals surface area contributed by atoms with Gasteiger partial charge < -0.3 is 15.0 Å². The largest absolute Gasteiger partial charge is 0.471 e. The average molecular weight is 796 g/mol. The quantitative estimate of drug-likeness (QED) is 0.140. The predicted octanol–water partition coefficient (Wildman–Crippen LogP) is 7.78. The van der Waals surface area contributed by atoms with Crippen LogP contribution in [0.15, 0.2) is 66.0 Å². The van der Waals surface area contributed by atoms with Crippen molar-refractivity contribution in [3.05, 3.63) is 82.4 Å². The molecule has 6 rings (SSSR count). The molecule has 2 aromatic heterocycles. The number of halogens is 7. The summed E-state index contributed by atoms with van der Waals surface area (Å²) in [5, 5.41) is 8.49. The molecule has 2 unspecified atom stereocenters. The van der Waals surface area contributed by atoms with Gasteiger partial charge in [-0.25, -0.2) is 19.5 Å². The highest BCUT2D eigenvalue weighted by Crippen LogP contribution is 2.46. The van der Waals surface area contributed by atoms with Crippen LogP contribution in [-0.4, -0.2) is 67.3 Å². The molecule has 0 bridgehead atoms. The van der Waals surface area contributed by atoms with Gasteiger partial charge in [0.05, 0.1) is 23.5 Å². The minimum Gasteiger partial charge on any atom is -0.447 e. The molecule has 19 heteroatoms. The number of hydrogen-bond acceptors (Lipinski definition) is 7. The maximum absolute atomic E-state index is 15.1. The molecule has 12 nitrogen and oxygen atoms in total. The van der Waals surface area contributed by atoms with E-state index in [1.165, 1.54) is 54.9 Å². The Kier molecular flexibility index (Phi) is 10.5. The van der Waals surface area contributed by atoms with E-state index in [9.17, 15) is 31.5 Å². The van der Waals surface area contributed by atoms with Gasteiger partial charge in [0.25, 0.3) is 5.91 Å². The van der Waals surface area contributed by atoms with Gasteiger partial charge in [0.2, 0.25) is 5.96 Å². The molecule has 54 heavy (non-hydrogen) atoms. The summed E-state index contributed by atoms with van der Waals surface area (Å²) in [5.41, 5.74) is -1.10. The summed E-state index contributed by atoms with van der Waals surface area (Å²) in [4.78, 5) is 53.0. The van der Waals surface area contributed by atoms with E-state index in [-0.39, 0.29) is 39.6 Å². The van der Waals surface area contributed by atoms with Crippen LogP contribution in [0.4, 0.5) is 26.7 Å². The highest BCUT2D eigenvalue weighted by Gasteiger charge is 2.55. The Morgan fingerprint density at radius 2 is 1.76 bits per heavy atom. The second-order valence-electron chi connectivity index (χ2n) is 14.1. The van der Waals surface area contributed by atoms with Crippen LogP contribution >= 0.6 is 23.2 Å². The minimum atomic E-state index is -5.38. The van der Waals surface area contributed by atoms with Crippen LogP contribution in [0.2, 0.25) is 10.2 Å². The third kappa shape index (κ3) is 8.36. The van der Waals surface area contributed by atoms with E-state index in [4.69, 9.17) is 27.9 Å². The van der Waals surface area contributed by atoms with Gasteiger partial charge in [-0.1, -0.05) is 74.3 Å². The Morgan fingerprint density at radius 3 is 2.33 bits per heavy atom. The van der Waals surface area contributed by atoms with Gasteiger partial charge in [0.1, 0.15) is 17.6 Å². The van der Waals surface area contributed by atoms with Crippen LogP contribution in [0.1, 0.15) is 63.8 Å². The van der Waals surface area contributed by atoms with Crippen molar-refractivity contribution in [2.75, 3.05) is 6.61 Å². The number of rotatable bonds is 10. The Balaban J connectivity index is 1.49. The summed E-state index contributed by atoms with van der Waals surface area (Å²) >= 11 is 12.6. The monoisotopic (exact) mass is 794 g/mol. The van der Waals surface area contributed by atoms with Crippen LogP contribution in [0.5, 0.6) is 0 Å². The zero-order valence-corrected chi connectivity index (χ0v) is 30.4. The maximum atomic E-state index is 15.1. The molecule has 4 aromatic rings. The van der Waals surface area contributed by atoms with Crippen molar-refractivity contribution >= 4 is 47.1 Å². The summed E-state index contributed by atoms with van der Waals surface area (Å²) in [7, 11) is 0. The highest BCUT2D eigenvalue weighted by molar-refractivity contribution is 6.33. The summed E-state index contributed by atoms with van der Waals surface area (Å²) in [5.74, 6) is -3.76. The van der Waals surface area contributed by atoms with E-state index >= 15 is 4.79 Å². The number of amides is 3. The van der Waals surface area contributed by atoms with Crippen LogP contribution < -0.4 is 10.6 Å². The molecule has 0 spiro atoms. The Morgan fingerprint density at radius 1 is 1.06 bits per heavy atom. The molecule has 2 aliphatic rings. The number of nitrogens with zero attached hydrogens (tertiary/aromatic N) is 5. The topological polar surface area (TPSA) is 147 Å². The van der Waals surface area contributed by atoms with Crippen molar-refractivity contribution in [1.29, 1.82) is 0 Å². The van der Waals surface area contributed by atoms with E-state index in [0.717, 1.165) is 23.9 Å². The predicted molar refractivity (Wildman–Crippen MR) is 187 cm³/mol. The number of imidazole rings is 1. The fourth-order valence-electron chi connectivity index (χ4n) is 6.11. The fourth-order valence-corrected chi connectivity index (χ4v) is 6.46. The molecule has 1 aliphatic carbocycles. The van der Waals surface area contributed by atoms with Gasteiger partial charge in [-0.3, -0.25) is 19.8 Å². The standard InChI is InChI=1S/C35H33Cl2F5N8O4/c1-33(2,3)17-34(21-7-4-18(5-8-21)20-13-44-49(15-20)30(38)39)29(52)50(31(48-34)47-28(51)35(40,41)42)25(16-54-32(53)45-22-9-10-22)19-6-11-24(36)23(12-19)27-43-14-26(37)46-27/h4-8,11-15,22,25,30H,9-10,16-17H2,1-3H3,(H,43,46)(H,45,53)(H,47,48,51). The number of ether oxygens (including phenoxy) is 1. The first-order chi connectivity index (χ1) is 25.3. The third-order valence-electron chi connectivity index (χ3n) is 8.62. The van der Waals surface area contributed by atoms with Gasteiger partial charge >= 0.3 is 24.7 Å². The molecular formula is C35H33Cl2F5N8O4. The first-order valence-electron chi connectivity index (χ1n) is 16.5. The second kappa shape index (κ2) is 14.7. The maximum Gasteiger partial charge on any atom is 0.471 e. The first-order valence-corrected chi connectivity index (χ1v) is 17.3. The highest BCUT2D eigenvalue weighted by atomic mass is 35.5. The van der Waals surface area contributed by atoms with Gasteiger partial charge in [-0.2, -0.15) is 27.1 Å². The molecule has 286 valence electrons. The smallest absolute Gasteiger partial charge is 0.447 e. The van der Waals surface area contributed by atoms with Crippen molar-refractivity contribution in [3.8, 4) is 22.5 Å². The van der Waals surface area contributed by atoms with E-state index in [0.29, 0.717) is 21.4 Å². The minimum absolute atomic E-state index is 0.0735. The lowest BCUT2D eigenvalue weighted by Gasteiger charge is -2.35. The third-order valence-corrected chi connectivity index (χ3v) is 9.14. The number of carbonyl (C=O) groups is 3. The first kappa shape index (κ1) is 38.7. The zero-order chi connectivity index (χ0) is 39.2. The summed E-state index contributed by atoms with van der Waals surface area (Å²) in [6.45, 7) is 1.92. The Labute approximate surface area is 315 Å². The van der Waals surface area contributed by atoms with Crippen LogP contribution in [0.25, 0.3) is 22.5 Å². The van der Waals surface area contributed by atoms with Gasteiger partial charge in [-0.05, 0) is 53.5 Å². The van der Waals surface area contributed by atoms with Crippen molar-refractivity contribution in [3.63, 3.8) is 0 Å². The number of hydrogen-bond donors (Lipinski definition) is 3. The molecule has 2 atom stereocenters. The molecule has 1 fully saturated rings. The molecule has 0 radical (unpaired) electrons. The molecular weight excluding hydrogens is 762 g/mol. The number of nitrogens with one attached hydrogen (secondary N) is 3. The number of aromatic amines is 1. The molecule has 1 saturated carbocycles. The van der Waals surface area contributed by atoms with Crippen molar-refractivity contribution in [2.24, 2.45) is 10.4 Å². The Hall–Kier alpha value is -5.03. The second-order valence-corrected chi connectivity index (χ2v) is 14.9. The SMILES string of the molecule is CC(C)(C)CC1(c2ccc(-c3cnn(C(F)F)c3)cc2)N=C(NC(=O)C(F)(F)F)N(C(COC(=O)NC2CC2)c2ccc(Cl)c(-c3ncc(Cl)[nH]3)c2)C1=O. The number of aliphatic imine (C=N–C) groups is 1. The van der Waals surface area contributed by atoms with Gasteiger partial charge in [0.15, 0.2) is 5.54 Å². The van der Waals surface area contributed by atoms with Crippen LogP contribution in [0, 0.1) is 5.41 Å². The summed E-state index contributed by atoms with van der Waals surface area (Å²) in [6.07, 6.45) is -1.10. The van der Waals surface area contributed by atoms with Gasteiger partial charge in [-0.15, -0.1) is 0 Å². The molecule has 3 amide bonds. The van der Waals surface area contributed by atoms with E-state index in [1.54, 1.807) is 26.1 Å². The normalized spacial score (nSPS) is 18.2. The van der Waals surface area contributed by atoms with Crippen molar-refractivity contribution < 1.29 is 41.1 Å². The van der Waals surface area contributed by atoms with Crippen molar-refractivity contribution in [1.82, 2.24) is 35.3 Å². The Bertz CT molecular complexity index is 2090. The van der Waals surface area contributed by atoms with Gasteiger partial charge in [0, 0.05) is 23.4 Å². The van der Waals surface area contributed by atoms with Crippen LogP contribution in [0.3, 0.4) is 0 Å². The number of alkyl carbamates (subject to hydrolysis) is 1. The molecule has 3 heterocycles. The fraction of sp³-hybridized carbons (Fsp3) is 0.371. The lowest BCUT2D eigenvalue weighted by atomic mass is 9.75. The molecule has 0 saturated heterocycles. The average Bonchev–Trinajstić information content (AvgIpc) is 3.45. The van der Waals surface area contributed by atoms with E-state index in [2.05, 4.69) is 25.4 Å². The zero-order valence-electron chi connectivity index (χ0n) is 28.8. The number of aromatic nitrogens is 4. The summed E-state index contributed by atoms with van der Waals surface area (Å²) < 4.78 is 73.9. The number of benzene rings is 2. The number of carbonyl (C=O) groups excluding carboxylic acids is 3. The molecule has 3 N–H and O–H groups in total. The van der Waals surface area contributed by atoms with Crippen molar-refractivity contribution in [2.45, 2.75) is 70.4 Å². The van der Waals surface area contributed by atoms with E-state index in [1.807, 2.05) is 0 Å². The molecule has 1 aliphatic heterocycles. The van der Waals surface area contributed by atoms with E-state index < -0.39 is 60.2 Å². The van der Waals surface area contributed by atoms with Crippen LogP contribution in [-0.2, 0) is 19.9 Å². The summed E-state index contributed by atoms with van der Waals surface area (Å²) in [6, 6.07) is 9.04.